The zero-order chi connectivity index (χ0) is 20.7. The van der Waals surface area contributed by atoms with E-state index in [1.807, 2.05) is 0 Å². The van der Waals surface area contributed by atoms with E-state index in [1.54, 1.807) is 12.4 Å². The Bertz CT molecular complexity index is 976. The second kappa shape index (κ2) is 7.96. The first-order valence-electron chi connectivity index (χ1n) is 10.2. The van der Waals surface area contributed by atoms with Gasteiger partial charge in [-0.2, -0.15) is 0 Å². The van der Waals surface area contributed by atoms with Crippen LogP contribution in [0.25, 0.3) is 5.57 Å². The molecular weight excluding hydrogens is 424 g/mol. The summed E-state index contributed by atoms with van der Waals surface area (Å²) in [4.78, 5) is 20.9. The Morgan fingerprint density at radius 3 is 2.67 bits per heavy atom. The molecule has 0 amide bonds. The van der Waals surface area contributed by atoms with E-state index in [4.69, 9.17) is 21.6 Å². The molecule has 2 aromatic rings. The molecule has 0 spiro atoms. The van der Waals surface area contributed by atoms with Gasteiger partial charge >= 0.3 is 0 Å². The average molecular weight is 447 g/mol. The van der Waals surface area contributed by atoms with Gasteiger partial charge in [-0.3, -0.25) is 0 Å². The zero-order valence-corrected chi connectivity index (χ0v) is 18.0. The summed E-state index contributed by atoms with van der Waals surface area (Å²) >= 11 is 4.79. The second-order valence-electron chi connectivity index (χ2n) is 8.01. The van der Waals surface area contributed by atoms with E-state index in [9.17, 15) is 9.66 Å². The van der Waals surface area contributed by atoms with E-state index in [2.05, 4.69) is 26.3 Å². The van der Waals surface area contributed by atoms with Crippen molar-refractivity contribution in [1.29, 1.82) is 0 Å². The van der Waals surface area contributed by atoms with E-state index >= 15 is 0 Å². The lowest BCUT2D eigenvalue weighted by molar-refractivity contribution is 0.143. The van der Waals surface area contributed by atoms with Gasteiger partial charge in [0.15, 0.2) is 11.6 Å². The molecule has 30 heavy (non-hydrogen) atoms. The predicted molar refractivity (Wildman–Crippen MR) is 116 cm³/mol. The van der Waals surface area contributed by atoms with E-state index < -0.39 is 11.2 Å². The van der Waals surface area contributed by atoms with Crippen molar-refractivity contribution in [3.8, 4) is 0 Å². The van der Waals surface area contributed by atoms with E-state index in [-0.39, 0.29) is 12.1 Å². The third-order valence-electron chi connectivity index (χ3n) is 6.07. The number of hydrogen-bond donors (Lipinski definition) is 2. The number of aliphatic hydroxyl groups excluding tert-OH is 1. The van der Waals surface area contributed by atoms with Crippen LogP contribution in [0.15, 0.2) is 23.4 Å². The number of nitrogens with zero attached hydrogens (tertiary/aromatic N) is 5. The predicted octanol–water partition coefficient (Wildman–Crippen LogP) is 2.20. The molecule has 0 unspecified atom stereocenters. The van der Waals surface area contributed by atoms with E-state index in [1.165, 1.54) is 0 Å². The largest absolute Gasteiger partial charge is 0.611 e. The van der Waals surface area contributed by atoms with Crippen molar-refractivity contribution in [2.75, 3.05) is 35.7 Å². The monoisotopic (exact) mass is 446 g/mol. The van der Waals surface area contributed by atoms with Crippen LogP contribution in [0.5, 0.6) is 0 Å². The minimum atomic E-state index is -1.09. The molecule has 4 heterocycles. The van der Waals surface area contributed by atoms with Crippen LogP contribution in [0.4, 0.5) is 11.8 Å². The molecule has 1 aliphatic carbocycles. The van der Waals surface area contributed by atoms with Gasteiger partial charge in [-0.05, 0) is 42.4 Å². The van der Waals surface area contributed by atoms with Crippen molar-refractivity contribution < 1.29 is 9.66 Å². The molecule has 0 saturated heterocycles. The summed E-state index contributed by atoms with van der Waals surface area (Å²) in [5.41, 5.74) is 1.57. The fourth-order valence-corrected chi connectivity index (χ4v) is 5.53. The smallest absolute Gasteiger partial charge is 0.225 e. The van der Waals surface area contributed by atoms with Gasteiger partial charge in [-0.25, -0.2) is 19.9 Å². The molecule has 10 heteroatoms. The first kappa shape index (κ1) is 20.0. The number of nitrogens with one attached hydrogen (secondary N) is 1. The number of aromatic nitrogens is 4. The first-order chi connectivity index (χ1) is 14.6. The summed E-state index contributed by atoms with van der Waals surface area (Å²) in [7, 11) is 0. The summed E-state index contributed by atoms with van der Waals surface area (Å²) < 4.78 is 12.6. The normalized spacial score (nSPS) is 22.3. The number of halogens is 1. The minimum Gasteiger partial charge on any atom is -0.611 e. The molecular formula is C20H23ClN6O2S. The topological polar surface area (TPSA) is 110 Å². The van der Waals surface area contributed by atoms with Gasteiger partial charge in [-0.1, -0.05) is 17.7 Å². The third kappa shape index (κ3) is 3.64. The lowest BCUT2D eigenvalue weighted by atomic mass is 9.77. The Balaban J connectivity index is 1.42. The summed E-state index contributed by atoms with van der Waals surface area (Å²) in [6, 6.07) is 0. The van der Waals surface area contributed by atoms with Crippen LogP contribution >= 0.6 is 11.6 Å². The summed E-state index contributed by atoms with van der Waals surface area (Å²) in [6.07, 6.45) is 9.61. The molecule has 0 radical (unpaired) electrons. The van der Waals surface area contributed by atoms with Crippen LogP contribution in [0, 0.1) is 0 Å². The molecule has 1 atom stereocenters. The zero-order valence-electron chi connectivity index (χ0n) is 16.5. The van der Waals surface area contributed by atoms with Crippen LogP contribution in [0.1, 0.15) is 37.2 Å². The number of fused-ring (bicyclic) bond motifs is 1. The van der Waals surface area contributed by atoms with Gasteiger partial charge in [0, 0.05) is 19.5 Å². The Kier molecular flexibility index (Phi) is 5.30. The van der Waals surface area contributed by atoms with Crippen molar-refractivity contribution in [3.05, 3.63) is 35.0 Å². The van der Waals surface area contributed by atoms with Gasteiger partial charge < -0.3 is 19.9 Å². The molecule has 2 aliphatic heterocycles. The van der Waals surface area contributed by atoms with Crippen LogP contribution in [-0.2, 0) is 17.6 Å². The van der Waals surface area contributed by atoms with Crippen LogP contribution in [-0.4, -0.2) is 60.6 Å². The highest BCUT2D eigenvalue weighted by atomic mass is 35.5. The van der Waals surface area contributed by atoms with Gasteiger partial charge in [0.1, 0.15) is 11.4 Å². The molecule has 5 rings (SSSR count). The average Bonchev–Trinajstić information content (AvgIpc) is 3.12. The van der Waals surface area contributed by atoms with Crippen molar-refractivity contribution in [2.45, 2.75) is 42.5 Å². The van der Waals surface area contributed by atoms with Gasteiger partial charge in [0.25, 0.3) is 0 Å². The molecule has 0 aromatic carbocycles. The summed E-state index contributed by atoms with van der Waals surface area (Å²) in [5.74, 6) is 2.54. The highest BCUT2D eigenvalue weighted by Crippen LogP contribution is 2.39. The minimum absolute atomic E-state index is 0.0481. The number of hydrogen-bond acceptors (Lipinski definition) is 8. The Morgan fingerprint density at radius 1 is 1.23 bits per heavy atom. The molecule has 8 nitrogen and oxygen atoms in total. The number of anilines is 2. The Hall–Kier alpha value is -1.94. The van der Waals surface area contributed by atoms with Crippen molar-refractivity contribution in [2.24, 2.45) is 0 Å². The highest BCUT2D eigenvalue weighted by Gasteiger charge is 2.40. The lowest BCUT2D eigenvalue weighted by Gasteiger charge is -2.41. The summed E-state index contributed by atoms with van der Waals surface area (Å²) in [6.45, 7) is 1.46. The molecule has 0 bridgehead atoms. The Labute approximate surface area is 183 Å². The van der Waals surface area contributed by atoms with E-state index in [0.29, 0.717) is 46.2 Å². The van der Waals surface area contributed by atoms with Crippen molar-refractivity contribution in [1.82, 2.24) is 19.9 Å². The maximum atomic E-state index is 12.6. The number of aliphatic hydroxyl groups is 1. The fraction of sp³-hybridized carbons (Fsp3) is 0.500. The third-order valence-corrected chi connectivity index (χ3v) is 7.72. The van der Waals surface area contributed by atoms with Gasteiger partial charge in [-0.15, -0.1) is 0 Å². The maximum absolute atomic E-state index is 12.6. The van der Waals surface area contributed by atoms with Crippen molar-refractivity contribution in [3.63, 3.8) is 0 Å². The standard InChI is InChI=1S/C20H23ClN6O2S/c21-14-10-22-19(23-11-14)27-7-2-13(3-8-27)17-24-15-4-9-30(29)16(15)18(25-17)26-20(12-28)5-1-6-20/h2,10-11,28H,1,3-9,12H2,(H,24,25,26)/t30-/m1/s1. The molecule has 2 aromatic heterocycles. The Morgan fingerprint density at radius 2 is 2.03 bits per heavy atom. The van der Waals surface area contributed by atoms with Gasteiger partial charge in [0.05, 0.1) is 29.6 Å². The number of rotatable bonds is 5. The molecule has 3 aliphatic rings. The number of aryl methyl sites for hydroxylation is 1. The summed E-state index contributed by atoms with van der Waals surface area (Å²) in [5, 5.41) is 13.8. The highest BCUT2D eigenvalue weighted by molar-refractivity contribution is 7.91. The maximum Gasteiger partial charge on any atom is 0.225 e. The fourth-order valence-electron chi connectivity index (χ4n) is 4.13. The molecule has 1 saturated carbocycles. The van der Waals surface area contributed by atoms with Crippen LogP contribution in [0.3, 0.4) is 0 Å². The molecule has 1 fully saturated rings. The molecule has 2 N–H and O–H groups in total. The quantitative estimate of drug-likeness (QED) is 0.672. The van der Waals surface area contributed by atoms with Crippen LogP contribution in [0.2, 0.25) is 5.02 Å². The molecule has 158 valence electrons. The lowest BCUT2D eigenvalue weighted by Crippen LogP contribution is -2.48. The second-order valence-corrected chi connectivity index (χ2v) is 9.96. The van der Waals surface area contributed by atoms with Crippen molar-refractivity contribution >= 4 is 40.1 Å². The SMILES string of the molecule is [O-][S@+]1CCc2nc(C3=CCN(c4ncc(Cl)cn4)CC3)nc(NC3(CO)CCC3)c21. The van der Waals surface area contributed by atoms with E-state index in [0.717, 1.165) is 43.5 Å². The van der Waals surface area contributed by atoms with Gasteiger partial charge in [0.2, 0.25) is 10.8 Å². The first-order valence-corrected chi connectivity index (χ1v) is 11.9. The van der Waals surface area contributed by atoms with Crippen LogP contribution < -0.4 is 10.2 Å².